The Morgan fingerprint density at radius 2 is 2.11 bits per heavy atom. The molecule has 0 spiro atoms. The Bertz CT molecular complexity index is 140. The van der Waals surface area contributed by atoms with Crippen LogP contribution in [-0.4, -0.2) is 33.8 Å². The summed E-state index contributed by atoms with van der Waals surface area (Å²) in [7, 11) is 0. The average Bonchev–Trinajstić information content (AvgIpc) is 1.98. The van der Waals surface area contributed by atoms with Crippen molar-refractivity contribution >= 4 is 17.5 Å². The first kappa shape index (κ1) is 6.80. The summed E-state index contributed by atoms with van der Waals surface area (Å²) in [5.74, 6) is -0.623. The van der Waals surface area contributed by atoms with Crippen molar-refractivity contribution in [2.24, 2.45) is 0 Å². The summed E-state index contributed by atoms with van der Waals surface area (Å²) in [4.78, 5) is 10.4. The van der Waals surface area contributed by atoms with E-state index in [9.17, 15) is 4.79 Å². The predicted molar refractivity (Wildman–Crippen MR) is 29.8 cm³/mol. The van der Waals surface area contributed by atoms with Crippen LogP contribution >= 0.6 is 11.6 Å². The molecule has 52 valence electrons. The third-order valence-electron chi connectivity index (χ3n) is 1.17. The molecule has 1 rings (SSSR count). The van der Waals surface area contributed by atoms with Crippen LogP contribution in [0.25, 0.3) is 0 Å². The minimum absolute atomic E-state index is 0.623. The lowest BCUT2D eigenvalue weighted by Crippen LogP contribution is -2.28. The lowest BCUT2D eigenvalue weighted by molar-refractivity contribution is -0.128. The number of hydrogen-bond acceptors (Lipinski definition) is 3. The van der Waals surface area contributed by atoms with Crippen molar-refractivity contribution in [2.45, 2.75) is 17.7 Å². The molecule has 0 aromatic carbocycles. The predicted octanol–water partition coefficient (Wildman–Crippen LogP) is -1.60. The third-order valence-corrected chi connectivity index (χ3v) is 1.54. The van der Waals surface area contributed by atoms with Gasteiger partial charge in [0.05, 0.1) is 0 Å². The highest BCUT2D eigenvalue weighted by Gasteiger charge is 2.38. The van der Waals surface area contributed by atoms with E-state index < -0.39 is 23.6 Å². The topological polar surface area (TPSA) is 69.6 Å². The number of halogens is 1. The van der Waals surface area contributed by atoms with E-state index in [0.717, 1.165) is 0 Å². The van der Waals surface area contributed by atoms with Gasteiger partial charge in [-0.2, -0.15) is 0 Å². The molecule has 3 atom stereocenters. The zero-order valence-electron chi connectivity index (χ0n) is 4.41. The van der Waals surface area contributed by atoms with E-state index in [1.165, 1.54) is 0 Å². The second kappa shape index (κ2) is 2.13. The molecule has 0 aromatic rings. The highest BCUT2D eigenvalue weighted by molar-refractivity contribution is 6.23. The van der Waals surface area contributed by atoms with Crippen LogP contribution in [0.3, 0.4) is 0 Å². The van der Waals surface area contributed by atoms with Crippen molar-refractivity contribution in [3.8, 4) is 0 Å². The van der Waals surface area contributed by atoms with E-state index in [1.807, 2.05) is 0 Å². The highest BCUT2D eigenvalue weighted by Crippen LogP contribution is 2.11. The normalized spacial score (nSPS) is 43.0. The van der Waals surface area contributed by atoms with E-state index in [0.29, 0.717) is 0 Å². The number of hydrogen-bond donors (Lipinski definition) is 3. The quantitative estimate of drug-likeness (QED) is 0.289. The summed E-state index contributed by atoms with van der Waals surface area (Å²) in [6.45, 7) is 0. The Kier molecular flexibility index (Phi) is 1.61. The van der Waals surface area contributed by atoms with Gasteiger partial charge in [-0.3, -0.25) is 4.79 Å². The van der Waals surface area contributed by atoms with Gasteiger partial charge in [0.25, 0.3) is 5.91 Å². The van der Waals surface area contributed by atoms with Gasteiger partial charge in [0, 0.05) is 0 Å². The Hall–Kier alpha value is -0.320. The number of alkyl halides is 1. The Balaban J connectivity index is 2.65. The first-order valence-corrected chi connectivity index (χ1v) is 2.87. The Morgan fingerprint density at radius 1 is 1.56 bits per heavy atom. The molecule has 0 bridgehead atoms. The fourth-order valence-electron chi connectivity index (χ4n) is 0.622. The van der Waals surface area contributed by atoms with Crippen LogP contribution in [0.4, 0.5) is 0 Å². The van der Waals surface area contributed by atoms with E-state index in [4.69, 9.17) is 21.8 Å². The van der Waals surface area contributed by atoms with Crippen LogP contribution in [-0.2, 0) is 4.79 Å². The highest BCUT2D eigenvalue weighted by atomic mass is 35.5. The van der Waals surface area contributed by atoms with Gasteiger partial charge in [0.1, 0.15) is 11.6 Å². The molecule has 1 amide bonds. The van der Waals surface area contributed by atoms with Gasteiger partial charge in [-0.25, -0.2) is 0 Å². The van der Waals surface area contributed by atoms with Gasteiger partial charge in [0.15, 0.2) is 6.10 Å². The number of aliphatic hydroxyl groups is 2. The number of nitrogens with one attached hydrogen (secondary N) is 1. The summed E-state index contributed by atoms with van der Waals surface area (Å²) in [6, 6.07) is 0. The largest absolute Gasteiger partial charge is 0.386 e. The van der Waals surface area contributed by atoms with Crippen LogP contribution in [0.2, 0.25) is 0 Å². The summed E-state index contributed by atoms with van der Waals surface area (Å²) in [6.07, 6.45) is -2.55. The van der Waals surface area contributed by atoms with Crippen molar-refractivity contribution in [3.63, 3.8) is 0 Å². The van der Waals surface area contributed by atoms with Crippen molar-refractivity contribution in [3.05, 3.63) is 0 Å². The van der Waals surface area contributed by atoms with Crippen LogP contribution in [0.15, 0.2) is 0 Å². The fourth-order valence-corrected chi connectivity index (χ4v) is 0.867. The van der Waals surface area contributed by atoms with E-state index in [-0.39, 0.29) is 0 Å². The van der Waals surface area contributed by atoms with Gasteiger partial charge < -0.3 is 15.5 Å². The van der Waals surface area contributed by atoms with E-state index in [2.05, 4.69) is 5.32 Å². The lowest BCUT2D eigenvalue weighted by Gasteiger charge is -2.04. The zero-order chi connectivity index (χ0) is 7.02. The number of amides is 1. The van der Waals surface area contributed by atoms with Crippen molar-refractivity contribution in [1.82, 2.24) is 5.32 Å². The second-order valence-electron chi connectivity index (χ2n) is 1.85. The zero-order valence-corrected chi connectivity index (χ0v) is 5.17. The molecule has 3 N–H and O–H groups in total. The fraction of sp³-hybridized carbons (Fsp3) is 0.750. The van der Waals surface area contributed by atoms with Crippen molar-refractivity contribution in [1.29, 1.82) is 0 Å². The number of carbonyl (C=O) groups is 1. The summed E-state index contributed by atoms with van der Waals surface area (Å²) < 4.78 is 0. The second-order valence-corrected chi connectivity index (χ2v) is 2.32. The van der Waals surface area contributed by atoms with Gasteiger partial charge in [-0.1, -0.05) is 11.6 Å². The van der Waals surface area contributed by atoms with Crippen molar-refractivity contribution in [2.75, 3.05) is 0 Å². The number of rotatable bonds is 0. The van der Waals surface area contributed by atoms with Crippen LogP contribution in [0.5, 0.6) is 0 Å². The molecule has 5 heteroatoms. The molecular formula is C4H6ClNO3. The molecule has 1 fully saturated rings. The molecule has 0 radical (unpaired) electrons. The standard InChI is InChI=1S/C4H6ClNO3/c5-3-1(7)2(8)4(9)6-3/h1-3,7-8H,(H,6,9)/t1-,2+,3+/m1/s1. The maximum atomic E-state index is 10.4. The molecule has 9 heavy (non-hydrogen) atoms. The molecule has 0 aliphatic carbocycles. The maximum absolute atomic E-state index is 10.4. The summed E-state index contributed by atoms with van der Waals surface area (Å²) >= 11 is 5.31. The van der Waals surface area contributed by atoms with E-state index >= 15 is 0 Å². The monoisotopic (exact) mass is 151 g/mol. The molecule has 0 saturated carbocycles. The molecule has 0 aromatic heterocycles. The molecule has 1 aliphatic rings. The van der Waals surface area contributed by atoms with Gasteiger partial charge in [-0.05, 0) is 0 Å². The first-order chi connectivity index (χ1) is 4.13. The Labute approximate surface area is 56.4 Å². The summed E-state index contributed by atoms with van der Waals surface area (Å²) in [5.41, 5.74) is -0.854. The third kappa shape index (κ3) is 1.01. The molecular weight excluding hydrogens is 146 g/mol. The first-order valence-electron chi connectivity index (χ1n) is 2.43. The molecule has 1 saturated heterocycles. The van der Waals surface area contributed by atoms with Gasteiger partial charge >= 0.3 is 0 Å². The van der Waals surface area contributed by atoms with Crippen LogP contribution < -0.4 is 5.32 Å². The minimum atomic E-state index is -1.37. The number of aliphatic hydroxyl groups excluding tert-OH is 2. The molecule has 1 heterocycles. The molecule has 0 unspecified atom stereocenters. The molecule has 4 nitrogen and oxygen atoms in total. The van der Waals surface area contributed by atoms with Gasteiger partial charge in [-0.15, -0.1) is 0 Å². The van der Waals surface area contributed by atoms with Crippen LogP contribution in [0.1, 0.15) is 0 Å². The van der Waals surface area contributed by atoms with Crippen LogP contribution in [0, 0.1) is 0 Å². The van der Waals surface area contributed by atoms with Gasteiger partial charge in [0.2, 0.25) is 0 Å². The lowest BCUT2D eigenvalue weighted by atomic mass is 10.2. The average molecular weight is 152 g/mol. The maximum Gasteiger partial charge on any atom is 0.252 e. The van der Waals surface area contributed by atoms with Crippen molar-refractivity contribution < 1.29 is 15.0 Å². The smallest absolute Gasteiger partial charge is 0.252 e. The minimum Gasteiger partial charge on any atom is -0.386 e. The Morgan fingerprint density at radius 3 is 2.22 bits per heavy atom. The number of carbonyl (C=O) groups excluding carboxylic acids is 1. The molecule has 1 aliphatic heterocycles. The van der Waals surface area contributed by atoms with E-state index in [1.54, 1.807) is 0 Å². The summed E-state index contributed by atoms with van der Waals surface area (Å²) in [5, 5.41) is 19.6. The SMILES string of the molecule is O=C1N[C@H](Cl)[C@H](O)[C@@H]1O.